The smallest absolute Gasteiger partial charge is 0.161 e. The van der Waals surface area contributed by atoms with Gasteiger partial charge in [0.05, 0.1) is 15.9 Å². The molecule has 0 spiro atoms. The van der Waals surface area contributed by atoms with Crippen molar-refractivity contribution < 1.29 is 13.2 Å². The molecule has 2 atom stereocenters. The first-order valence-electron chi connectivity index (χ1n) is 6.19. The summed E-state index contributed by atoms with van der Waals surface area (Å²) in [5, 5.41) is 5.39. The molecule has 1 aliphatic heterocycles. The molecule has 2 heterocycles. The highest BCUT2D eigenvalue weighted by molar-refractivity contribution is 8.01. The first kappa shape index (κ1) is 13.8. The summed E-state index contributed by atoms with van der Waals surface area (Å²) in [5.74, 6) is -2.99. The molecule has 0 amide bonds. The molecule has 1 aromatic carbocycles. The number of thiophene rings is 1. The van der Waals surface area contributed by atoms with Crippen LogP contribution in [0.3, 0.4) is 0 Å². The van der Waals surface area contributed by atoms with E-state index in [1.54, 1.807) is 23.1 Å². The minimum Gasteiger partial charge on any atom is -0.376 e. The fourth-order valence-corrected chi connectivity index (χ4v) is 4.87. The lowest BCUT2D eigenvalue weighted by Crippen LogP contribution is -2.19. The number of thioether (sulfide) groups is 1. The van der Waals surface area contributed by atoms with Crippen molar-refractivity contribution in [3.8, 4) is 0 Å². The third-order valence-electron chi connectivity index (χ3n) is 3.25. The maximum absolute atomic E-state index is 13.7. The number of anilines is 1. The van der Waals surface area contributed by atoms with Crippen LogP contribution in [0, 0.1) is 17.5 Å². The predicted octanol–water partition coefficient (Wildman–Crippen LogP) is 5.20. The van der Waals surface area contributed by atoms with E-state index in [1.165, 1.54) is 4.21 Å². The Morgan fingerprint density at radius 2 is 1.90 bits per heavy atom. The van der Waals surface area contributed by atoms with Crippen molar-refractivity contribution >= 4 is 28.8 Å². The first-order valence-corrected chi connectivity index (χ1v) is 7.95. The molecule has 2 aromatic rings. The second kappa shape index (κ2) is 5.33. The standard InChI is InChI=1S/C14H12F3NS2/c1-7-4-12(8-2-3-19-14(8)20-7)18-13-6-10(16)9(15)5-11(13)17/h2-3,5-7,12,18H,4H2,1H3/t7-,12?/m0/s1. The zero-order valence-corrected chi connectivity index (χ0v) is 12.3. The van der Waals surface area contributed by atoms with Crippen molar-refractivity contribution in [2.24, 2.45) is 0 Å². The van der Waals surface area contributed by atoms with Gasteiger partial charge in [0.1, 0.15) is 5.82 Å². The van der Waals surface area contributed by atoms with Gasteiger partial charge in [0.15, 0.2) is 11.6 Å². The van der Waals surface area contributed by atoms with E-state index in [2.05, 4.69) is 12.2 Å². The molecule has 20 heavy (non-hydrogen) atoms. The average molecular weight is 315 g/mol. The molecular formula is C14H12F3NS2. The highest BCUT2D eigenvalue weighted by Crippen LogP contribution is 2.45. The molecule has 0 saturated heterocycles. The van der Waals surface area contributed by atoms with E-state index in [0.29, 0.717) is 11.3 Å². The zero-order chi connectivity index (χ0) is 14.3. The minimum atomic E-state index is -1.17. The summed E-state index contributed by atoms with van der Waals surface area (Å²) in [6, 6.07) is 3.37. The normalized spacial score (nSPS) is 21.6. The molecule has 3 rings (SSSR count). The number of fused-ring (bicyclic) bond motifs is 1. The van der Waals surface area contributed by atoms with Gasteiger partial charge in [0.25, 0.3) is 0 Å². The number of hydrogen-bond acceptors (Lipinski definition) is 3. The van der Waals surface area contributed by atoms with Crippen molar-refractivity contribution in [1.82, 2.24) is 0 Å². The van der Waals surface area contributed by atoms with Crippen LogP contribution < -0.4 is 5.32 Å². The van der Waals surface area contributed by atoms with E-state index in [-0.39, 0.29) is 11.7 Å². The van der Waals surface area contributed by atoms with Crippen LogP contribution in [0.1, 0.15) is 24.9 Å². The van der Waals surface area contributed by atoms with Gasteiger partial charge in [0, 0.05) is 17.4 Å². The van der Waals surface area contributed by atoms with E-state index >= 15 is 0 Å². The Hall–Kier alpha value is -1.14. The quantitative estimate of drug-likeness (QED) is 0.764. The monoisotopic (exact) mass is 315 g/mol. The summed E-state index contributed by atoms with van der Waals surface area (Å²) in [6.45, 7) is 2.10. The predicted molar refractivity (Wildman–Crippen MR) is 76.9 cm³/mol. The number of halogens is 3. The van der Waals surface area contributed by atoms with Crippen molar-refractivity contribution in [3.63, 3.8) is 0 Å². The summed E-state index contributed by atoms with van der Waals surface area (Å²) in [5.41, 5.74) is 1.10. The van der Waals surface area contributed by atoms with Crippen molar-refractivity contribution in [3.05, 3.63) is 46.6 Å². The van der Waals surface area contributed by atoms with Crippen LogP contribution >= 0.6 is 23.1 Å². The maximum atomic E-state index is 13.7. The molecule has 1 unspecified atom stereocenters. The Labute approximate surface area is 123 Å². The lowest BCUT2D eigenvalue weighted by molar-refractivity contribution is 0.495. The number of hydrogen-bond donors (Lipinski definition) is 1. The number of rotatable bonds is 2. The van der Waals surface area contributed by atoms with Gasteiger partial charge >= 0.3 is 0 Å². The molecule has 0 fully saturated rings. The van der Waals surface area contributed by atoms with Gasteiger partial charge in [0.2, 0.25) is 0 Å². The topological polar surface area (TPSA) is 12.0 Å². The molecule has 1 N–H and O–H groups in total. The molecule has 1 aromatic heterocycles. The van der Waals surface area contributed by atoms with Gasteiger partial charge in [-0.15, -0.1) is 23.1 Å². The molecule has 106 valence electrons. The lowest BCUT2D eigenvalue weighted by atomic mass is 10.0. The third-order valence-corrected chi connectivity index (χ3v) is 5.59. The number of nitrogens with one attached hydrogen (secondary N) is 1. The summed E-state index contributed by atoms with van der Waals surface area (Å²) >= 11 is 3.44. The average Bonchev–Trinajstić information content (AvgIpc) is 2.84. The van der Waals surface area contributed by atoms with Crippen LogP contribution in [0.4, 0.5) is 18.9 Å². The SMILES string of the molecule is C[C@H]1CC(Nc2cc(F)c(F)cc2F)c2ccsc2S1. The molecule has 0 saturated carbocycles. The summed E-state index contributed by atoms with van der Waals surface area (Å²) < 4.78 is 41.1. The molecular weight excluding hydrogens is 303 g/mol. The maximum Gasteiger partial charge on any atom is 0.161 e. The highest BCUT2D eigenvalue weighted by atomic mass is 32.2. The van der Waals surface area contributed by atoms with Crippen LogP contribution in [0.25, 0.3) is 0 Å². The Bertz CT molecular complexity index is 641. The second-order valence-corrected chi connectivity index (χ2v) is 7.39. The van der Waals surface area contributed by atoms with E-state index in [0.717, 1.165) is 18.1 Å². The molecule has 6 heteroatoms. The Morgan fingerprint density at radius 1 is 1.15 bits per heavy atom. The largest absolute Gasteiger partial charge is 0.376 e. The van der Waals surface area contributed by atoms with Crippen LogP contribution in [0.2, 0.25) is 0 Å². The molecule has 0 radical (unpaired) electrons. The Balaban J connectivity index is 1.91. The first-order chi connectivity index (χ1) is 9.54. The van der Waals surface area contributed by atoms with Gasteiger partial charge in [-0.05, 0) is 23.4 Å². The van der Waals surface area contributed by atoms with Crippen molar-refractivity contribution in [2.75, 3.05) is 5.32 Å². The summed E-state index contributed by atoms with van der Waals surface area (Å²) in [4.78, 5) is 0. The second-order valence-electron chi connectivity index (χ2n) is 4.77. The van der Waals surface area contributed by atoms with E-state index in [1.807, 2.05) is 11.4 Å². The van der Waals surface area contributed by atoms with Gasteiger partial charge in [-0.3, -0.25) is 0 Å². The number of benzene rings is 1. The fraction of sp³-hybridized carbons (Fsp3) is 0.286. The van der Waals surface area contributed by atoms with E-state index in [9.17, 15) is 13.2 Å². The van der Waals surface area contributed by atoms with Gasteiger partial charge < -0.3 is 5.32 Å². The van der Waals surface area contributed by atoms with E-state index in [4.69, 9.17) is 0 Å². The Kier molecular flexibility index (Phi) is 3.69. The van der Waals surface area contributed by atoms with E-state index < -0.39 is 17.5 Å². The zero-order valence-electron chi connectivity index (χ0n) is 10.6. The van der Waals surface area contributed by atoms with Gasteiger partial charge in [-0.25, -0.2) is 13.2 Å². The molecule has 1 aliphatic rings. The van der Waals surface area contributed by atoms with Gasteiger partial charge in [-0.1, -0.05) is 6.92 Å². The Morgan fingerprint density at radius 3 is 2.70 bits per heavy atom. The van der Waals surface area contributed by atoms with Gasteiger partial charge in [-0.2, -0.15) is 0 Å². The molecule has 0 aliphatic carbocycles. The third kappa shape index (κ3) is 2.54. The van der Waals surface area contributed by atoms with Crippen LogP contribution in [-0.2, 0) is 0 Å². The van der Waals surface area contributed by atoms with Crippen LogP contribution in [0.15, 0.2) is 27.8 Å². The highest BCUT2D eigenvalue weighted by Gasteiger charge is 2.27. The van der Waals surface area contributed by atoms with Crippen molar-refractivity contribution in [1.29, 1.82) is 0 Å². The fourth-order valence-electron chi connectivity index (χ4n) is 2.31. The molecule has 0 bridgehead atoms. The van der Waals surface area contributed by atoms with Crippen molar-refractivity contribution in [2.45, 2.75) is 28.8 Å². The minimum absolute atomic E-state index is 0.00477. The van der Waals surface area contributed by atoms with Crippen LogP contribution in [0.5, 0.6) is 0 Å². The van der Waals surface area contributed by atoms with Crippen LogP contribution in [-0.4, -0.2) is 5.25 Å². The molecule has 1 nitrogen and oxygen atoms in total. The lowest BCUT2D eigenvalue weighted by Gasteiger charge is -2.28. The summed E-state index contributed by atoms with van der Waals surface area (Å²) in [6.07, 6.45) is 0.812. The summed E-state index contributed by atoms with van der Waals surface area (Å²) in [7, 11) is 0.